The van der Waals surface area contributed by atoms with Gasteiger partial charge in [-0.3, -0.25) is 0 Å². The molecule has 1 aliphatic rings. The summed E-state index contributed by atoms with van der Waals surface area (Å²) in [5.41, 5.74) is 11.6. The molecule has 0 saturated heterocycles. The van der Waals surface area contributed by atoms with Crippen molar-refractivity contribution < 1.29 is 19.4 Å². The van der Waals surface area contributed by atoms with Crippen LogP contribution in [0.3, 0.4) is 0 Å². The van der Waals surface area contributed by atoms with Crippen LogP contribution in [-0.4, -0.2) is 13.9 Å². The Morgan fingerprint density at radius 1 is 0.667 bits per heavy atom. The van der Waals surface area contributed by atoms with Crippen molar-refractivity contribution in [1.82, 2.24) is 9.97 Å². The van der Waals surface area contributed by atoms with Gasteiger partial charge in [0.15, 0.2) is 0 Å². The Kier molecular flexibility index (Phi) is 8.54. The molecule has 1 aliphatic carbocycles. The van der Waals surface area contributed by atoms with Crippen LogP contribution in [0.4, 0.5) is 0 Å². The molecule has 3 aromatic carbocycles. The van der Waals surface area contributed by atoms with E-state index in [0.29, 0.717) is 0 Å². The molecule has 0 spiro atoms. The van der Waals surface area contributed by atoms with Gasteiger partial charge < -0.3 is 0 Å². The van der Waals surface area contributed by atoms with Gasteiger partial charge in [-0.25, -0.2) is 0 Å². The Bertz CT molecular complexity index is 1830. The minimum absolute atomic E-state index is 0.747. The summed E-state index contributed by atoms with van der Waals surface area (Å²) in [6.45, 7) is 6.42. The first kappa shape index (κ1) is 27.6. The second kappa shape index (κ2) is 13.0. The third-order valence-electron chi connectivity index (χ3n) is 7.27. The summed E-state index contributed by atoms with van der Waals surface area (Å²) in [5, 5.41) is 0. The maximum absolute atomic E-state index is 6.42. The first-order chi connectivity index (χ1) is 20.6. The molecule has 5 aromatic rings. The molecule has 0 N–H and O–H groups in total. The molecule has 0 amide bonds. The molecule has 6 rings (SSSR count). The standard InChI is InChI=1S/C39H29N2.W/c1-29(31-16-5-2-6-17-31)14-13-15-30-24-34(26-36(25-30)37-22-11-12-23-40-37)35-27-38(32-18-7-3-8-19-32)41-39(28-35)33-20-9-4-10-21-33;/h1-9,11-14,16-20,22-28H,10,21H2;/q-1;/b14-13-;. The van der Waals surface area contributed by atoms with Crippen LogP contribution < -0.4 is 0 Å². The van der Waals surface area contributed by atoms with Gasteiger partial charge in [0.25, 0.3) is 0 Å². The summed E-state index contributed by atoms with van der Waals surface area (Å²) in [4.78, 5) is 9.81. The molecular formula is C39H29N2W-. The van der Waals surface area contributed by atoms with Crippen LogP contribution in [0.2, 0.25) is 0 Å². The van der Waals surface area contributed by atoms with Crippen molar-refractivity contribution in [2.75, 3.05) is 0 Å². The van der Waals surface area contributed by atoms with Gasteiger partial charge in [-0.05, 0) is 0 Å². The van der Waals surface area contributed by atoms with Gasteiger partial charge in [0.1, 0.15) is 0 Å². The zero-order valence-corrected chi connectivity index (χ0v) is 26.1. The Hall–Kier alpha value is -4.52. The molecular weight excluding hydrogens is 680 g/mol. The average Bonchev–Trinajstić information content (AvgIpc) is 3.08. The topological polar surface area (TPSA) is 25.8 Å². The van der Waals surface area contributed by atoms with Crippen molar-refractivity contribution in [3.05, 3.63) is 169 Å². The predicted molar refractivity (Wildman–Crippen MR) is 172 cm³/mol. The Morgan fingerprint density at radius 3 is 2.12 bits per heavy atom. The summed E-state index contributed by atoms with van der Waals surface area (Å²) >= 11 is 1.37. The summed E-state index contributed by atoms with van der Waals surface area (Å²) in [7, 11) is 0. The molecule has 202 valence electrons. The molecule has 0 radical (unpaired) electrons. The van der Waals surface area contributed by atoms with Crippen molar-refractivity contribution in [1.29, 1.82) is 0 Å². The molecule has 0 aliphatic heterocycles. The van der Waals surface area contributed by atoms with Gasteiger partial charge in [-0.1, -0.05) is 0 Å². The van der Waals surface area contributed by atoms with Gasteiger partial charge in [0.05, 0.1) is 0 Å². The van der Waals surface area contributed by atoms with Crippen molar-refractivity contribution in [3.63, 3.8) is 0 Å². The van der Waals surface area contributed by atoms with E-state index in [1.165, 1.54) is 28.8 Å². The fourth-order valence-corrected chi connectivity index (χ4v) is 5.71. The number of nitrogens with zero attached hydrogens (tertiary/aromatic N) is 2. The number of hydrogen-bond donors (Lipinski definition) is 0. The number of allylic oxidation sites excluding steroid dienone is 7. The molecule has 2 aromatic heterocycles. The number of hydrogen-bond acceptors (Lipinski definition) is 2. The molecule has 2 heterocycles. The molecule has 0 fully saturated rings. The third kappa shape index (κ3) is 6.51. The molecule has 3 heteroatoms. The monoisotopic (exact) mass is 709 g/mol. The number of benzene rings is 3. The Morgan fingerprint density at radius 2 is 1.38 bits per heavy atom. The van der Waals surface area contributed by atoms with Crippen LogP contribution in [0.5, 0.6) is 0 Å². The fourth-order valence-electron chi connectivity index (χ4n) is 5.04. The van der Waals surface area contributed by atoms with E-state index < -0.39 is 0 Å². The van der Waals surface area contributed by atoms with E-state index >= 15 is 0 Å². The average molecular weight is 710 g/mol. The van der Waals surface area contributed by atoms with Crippen LogP contribution in [0.15, 0.2) is 146 Å². The summed E-state index contributed by atoms with van der Waals surface area (Å²) < 4.78 is 1.20. The van der Waals surface area contributed by atoms with Crippen LogP contribution in [-0.2, 0) is 19.4 Å². The van der Waals surface area contributed by atoms with E-state index in [2.05, 4.69) is 90.0 Å². The molecule has 0 saturated carbocycles. The van der Waals surface area contributed by atoms with E-state index in [1.54, 1.807) is 0 Å². The van der Waals surface area contributed by atoms with Gasteiger partial charge in [-0.15, -0.1) is 0 Å². The second-order valence-electron chi connectivity index (χ2n) is 10.2. The van der Waals surface area contributed by atoms with Crippen molar-refractivity contribution in [3.8, 4) is 33.6 Å². The number of aromatic nitrogens is 2. The summed E-state index contributed by atoms with van der Waals surface area (Å²) in [5.74, 6) is 0. The molecule has 0 unspecified atom stereocenters. The Labute approximate surface area is 259 Å². The molecule has 2 nitrogen and oxygen atoms in total. The van der Waals surface area contributed by atoms with Gasteiger partial charge in [0, 0.05) is 0 Å². The van der Waals surface area contributed by atoms with Crippen molar-refractivity contribution >= 4 is 15.0 Å². The predicted octanol–water partition coefficient (Wildman–Crippen LogP) is 9.35. The Balaban J connectivity index is 1.46. The van der Waals surface area contributed by atoms with E-state index in [1.807, 2.05) is 60.8 Å². The molecule has 0 bridgehead atoms. The zero-order chi connectivity index (χ0) is 28.7. The summed E-state index contributed by atoms with van der Waals surface area (Å²) in [6, 6.07) is 37.7. The third-order valence-corrected chi connectivity index (χ3v) is 8.61. The maximum atomic E-state index is 6.42. The van der Waals surface area contributed by atoms with Crippen LogP contribution in [0.1, 0.15) is 29.7 Å². The fraction of sp³-hybridized carbons (Fsp3) is 0.0513. The van der Waals surface area contributed by atoms with Gasteiger partial charge >= 0.3 is 260 Å². The van der Waals surface area contributed by atoms with E-state index in [4.69, 9.17) is 11.6 Å². The number of pyridine rings is 2. The molecule has 42 heavy (non-hydrogen) atoms. The normalized spacial score (nSPS) is 12.7. The zero-order valence-electron chi connectivity index (χ0n) is 23.2. The van der Waals surface area contributed by atoms with Crippen LogP contribution in [0.25, 0.3) is 44.8 Å². The van der Waals surface area contributed by atoms with Crippen LogP contribution >= 0.6 is 0 Å². The van der Waals surface area contributed by atoms with E-state index in [0.717, 1.165) is 68.9 Å². The summed E-state index contributed by atoms with van der Waals surface area (Å²) in [6.07, 6.45) is 14.5. The molecule has 0 atom stereocenters. The minimum atomic E-state index is 0.747. The van der Waals surface area contributed by atoms with Gasteiger partial charge in [-0.2, -0.15) is 0 Å². The first-order valence-corrected chi connectivity index (χ1v) is 15.5. The first-order valence-electron chi connectivity index (χ1n) is 14.0. The van der Waals surface area contributed by atoms with E-state index in [-0.39, 0.29) is 0 Å². The van der Waals surface area contributed by atoms with Crippen molar-refractivity contribution in [2.45, 2.75) is 12.8 Å². The second-order valence-corrected chi connectivity index (χ2v) is 11.8. The van der Waals surface area contributed by atoms with Crippen molar-refractivity contribution in [2.24, 2.45) is 0 Å². The van der Waals surface area contributed by atoms with Gasteiger partial charge in [0.2, 0.25) is 0 Å². The van der Waals surface area contributed by atoms with E-state index in [9.17, 15) is 0 Å². The van der Waals surface area contributed by atoms with Crippen LogP contribution in [0, 0.1) is 6.58 Å². The SMILES string of the molecule is [CH-]=C(/C=C\[C](=[W])c1cc(-c2cc(C3=CC=CCC3)nc(-c3ccccc3)c2)cc(-c2ccccn2)c1)c1ccccc1. The number of rotatable bonds is 8. The quantitative estimate of drug-likeness (QED) is 0.119.